The van der Waals surface area contributed by atoms with Crippen molar-refractivity contribution in [2.75, 3.05) is 0 Å². The fourth-order valence-corrected chi connectivity index (χ4v) is 5.57. The number of ether oxygens (including phenoxy) is 2. The van der Waals surface area contributed by atoms with Gasteiger partial charge in [-0.3, -0.25) is 4.79 Å². The van der Waals surface area contributed by atoms with Gasteiger partial charge in [-0.15, -0.1) is 0 Å². The molecule has 204 valence electrons. The van der Waals surface area contributed by atoms with Crippen molar-refractivity contribution in [3.8, 4) is 5.75 Å². The summed E-state index contributed by atoms with van der Waals surface area (Å²) in [6.07, 6.45) is 1.28. The van der Waals surface area contributed by atoms with Crippen LogP contribution in [0.3, 0.4) is 0 Å². The summed E-state index contributed by atoms with van der Waals surface area (Å²) in [6.45, 7) is 2.48. The summed E-state index contributed by atoms with van der Waals surface area (Å²) in [5.41, 5.74) is 4.36. The van der Waals surface area contributed by atoms with Gasteiger partial charge in [0.2, 0.25) is 0 Å². The molecule has 0 aromatic heterocycles. The fraction of sp³-hybridized carbons (Fsp3) is 0.375. The van der Waals surface area contributed by atoms with Crippen LogP contribution >= 0.6 is 0 Å². The maximum atomic E-state index is 14.1. The summed E-state index contributed by atoms with van der Waals surface area (Å²) in [5, 5.41) is 20.2. The molecule has 1 amide bonds. The van der Waals surface area contributed by atoms with Gasteiger partial charge in [0, 0.05) is 18.5 Å². The van der Waals surface area contributed by atoms with E-state index >= 15 is 0 Å². The molecule has 2 atom stereocenters. The summed E-state index contributed by atoms with van der Waals surface area (Å²) in [5.74, 6) is -0.735. The number of aryl methyl sites for hydroxylation is 1. The van der Waals surface area contributed by atoms with E-state index in [1.807, 2.05) is 79.7 Å². The number of amides is 1. The fourth-order valence-electron chi connectivity index (χ4n) is 5.57. The van der Waals surface area contributed by atoms with Crippen molar-refractivity contribution >= 4 is 11.9 Å². The zero-order chi connectivity index (χ0) is 27.4. The summed E-state index contributed by atoms with van der Waals surface area (Å²) in [4.78, 5) is 28.1. The van der Waals surface area contributed by atoms with Crippen molar-refractivity contribution in [3.05, 3.63) is 101 Å². The Labute approximate surface area is 229 Å². The van der Waals surface area contributed by atoms with E-state index in [1.165, 1.54) is 4.90 Å². The Bertz CT molecular complexity index is 1290. The molecule has 2 N–H and O–H groups in total. The van der Waals surface area contributed by atoms with Gasteiger partial charge < -0.3 is 24.6 Å². The van der Waals surface area contributed by atoms with Crippen molar-refractivity contribution < 1.29 is 29.3 Å². The summed E-state index contributed by atoms with van der Waals surface area (Å²) in [7, 11) is 0. The first-order valence-electron chi connectivity index (χ1n) is 13.6. The molecule has 0 bridgehead atoms. The molecule has 0 unspecified atom stereocenters. The third kappa shape index (κ3) is 6.15. The van der Waals surface area contributed by atoms with E-state index in [-0.39, 0.29) is 31.1 Å². The van der Waals surface area contributed by atoms with Gasteiger partial charge in [0.15, 0.2) is 6.10 Å². The molecule has 3 aromatic rings. The molecule has 3 aromatic carbocycles. The standard InChI is InChI=1S/C32H35NO6/c1-21-12-13-24-19-33(28(32(36)37)18-27(24)29(21)38-20-22-8-4-2-5-9-22)31(35)30(23-10-6-3-7-11-23)39-26-16-14-25(34)15-17-26/h2-13,25-26,28,30,34H,14-20H2,1H3,(H,36,37)/t25?,26?,28-,30+/m1/s1. The number of benzene rings is 3. The quantitative estimate of drug-likeness (QED) is 0.428. The highest BCUT2D eigenvalue weighted by atomic mass is 16.5. The number of aliphatic hydroxyl groups is 1. The van der Waals surface area contributed by atoms with E-state index in [0.717, 1.165) is 22.3 Å². The summed E-state index contributed by atoms with van der Waals surface area (Å²) >= 11 is 0. The van der Waals surface area contributed by atoms with Crippen LogP contribution in [-0.4, -0.2) is 45.2 Å². The minimum atomic E-state index is -1.06. The van der Waals surface area contributed by atoms with Gasteiger partial charge in [-0.1, -0.05) is 72.8 Å². The Balaban J connectivity index is 1.43. The lowest BCUT2D eigenvalue weighted by atomic mass is 9.90. The third-order valence-electron chi connectivity index (χ3n) is 7.76. The number of carboxylic acids is 1. The molecule has 0 spiro atoms. The zero-order valence-electron chi connectivity index (χ0n) is 22.2. The van der Waals surface area contributed by atoms with Gasteiger partial charge in [-0.25, -0.2) is 4.79 Å². The summed E-state index contributed by atoms with van der Waals surface area (Å²) < 4.78 is 12.6. The maximum Gasteiger partial charge on any atom is 0.326 e. The van der Waals surface area contributed by atoms with Gasteiger partial charge in [-0.2, -0.15) is 0 Å². The topological polar surface area (TPSA) is 96.3 Å². The lowest BCUT2D eigenvalue weighted by molar-refractivity contribution is -0.161. The number of carboxylic acid groups (broad SMARTS) is 1. The first-order valence-corrected chi connectivity index (χ1v) is 13.6. The highest BCUT2D eigenvalue weighted by molar-refractivity contribution is 5.88. The van der Waals surface area contributed by atoms with Crippen LogP contribution in [0.25, 0.3) is 0 Å². The second kappa shape index (κ2) is 12.0. The van der Waals surface area contributed by atoms with Crippen LogP contribution in [0, 0.1) is 6.92 Å². The van der Waals surface area contributed by atoms with Crippen LogP contribution < -0.4 is 4.74 Å². The number of carbonyl (C=O) groups is 2. The molecule has 1 aliphatic carbocycles. The van der Waals surface area contributed by atoms with Crippen LogP contribution in [-0.2, 0) is 33.9 Å². The smallest absolute Gasteiger partial charge is 0.326 e. The van der Waals surface area contributed by atoms with Crippen LogP contribution in [0.1, 0.15) is 59.6 Å². The van der Waals surface area contributed by atoms with Crippen LogP contribution in [0.5, 0.6) is 5.75 Å². The highest BCUT2D eigenvalue weighted by Crippen LogP contribution is 2.37. The number of nitrogens with zero attached hydrogens (tertiary/aromatic N) is 1. The van der Waals surface area contributed by atoms with E-state index in [0.29, 0.717) is 43.6 Å². The normalized spacial score (nSPS) is 21.6. The third-order valence-corrected chi connectivity index (χ3v) is 7.76. The van der Waals surface area contributed by atoms with E-state index in [9.17, 15) is 19.8 Å². The Hall–Kier alpha value is -3.68. The number of hydrogen-bond donors (Lipinski definition) is 2. The molecular weight excluding hydrogens is 494 g/mol. The Morgan fingerprint density at radius 1 is 0.949 bits per heavy atom. The first-order chi connectivity index (χ1) is 18.9. The molecule has 0 saturated heterocycles. The van der Waals surface area contributed by atoms with Crippen molar-refractivity contribution in [2.45, 2.75) is 76.5 Å². The van der Waals surface area contributed by atoms with Crippen LogP contribution in [0.2, 0.25) is 0 Å². The number of carbonyl (C=O) groups excluding carboxylic acids is 1. The lowest BCUT2D eigenvalue weighted by Crippen LogP contribution is -2.51. The average molecular weight is 530 g/mol. The van der Waals surface area contributed by atoms with E-state index in [4.69, 9.17) is 9.47 Å². The second-order valence-corrected chi connectivity index (χ2v) is 10.5. The molecule has 5 rings (SSSR count). The minimum Gasteiger partial charge on any atom is -0.488 e. The number of rotatable bonds is 8. The van der Waals surface area contributed by atoms with E-state index in [2.05, 4.69) is 0 Å². The molecule has 39 heavy (non-hydrogen) atoms. The molecule has 0 radical (unpaired) electrons. The monoisotopic (exact) mass is 529 g/mol. The Morgan fingerprint density at radius 3 is 2.28 bits per heavy atom. The highest BCUT2D eigenvalue weighted by Gasteiger charge is 2.40. The lowest BCUT2D eigenvalue weighted by Gasteiger charge is -2.38. The molecule has 1 aliphatic heterocycles. The average Bonchev–Trinajstić information content (AvgIpc) is 2.96. The Morgan fingerprint density at radius 2 is 1.62 bits per heavy atom. The molecule has 1 fully saturated rings. The molecule has 2 aliphatic rings. The van der Waals surface area contributed by atoms with Crippen LogP contribution in [0.4, 0.5) is 0 Å². The number of aliphatic hydroxyl groups excluding tert-OH is 1. The molecule has 1 saturated carbocycles. The summed E-state index contributed by atoms with van der Waals surface area (Å²) in [6, 6.07) is 22.0. The van der Waals surface area contributed by atoms with E-state index < -0.39 is 18.1 Å². The predicted molar refractivity (Wildman–Crippen MR) is 146 cm³/mol. The second-order valence-electron chi connectivity index (χ2n) is 10.5. The molecular formula is C32H35NO6. The Kier molecular flexibility index (Phi) is 8.29. The first kappa shape index (κ1) is 26.9. The SMILES string of the molecule is Cc1ccc2c(c1OCc1ccccc1)C[C@H](C(=O)O)N(C(=O)[C@@H](OC1CCC(O)CC1)c1ccccc1)C2. The minimum absolute atomic E-state index is 0.152. The van der Waals surface area contributed by atoms with Gasteiger partial charge in [0.1, 0.15) is 18.4 Å². The predicted octanol–water partition coefficient (Wildman–Crippen LogP) is 4.97. The van der Waals surface area contributed by atoms with E-state index in [1.54, 1.807) is 0 Å². The largest absolute Gasteiger partial charge is 0.488 e. The molecule has 7 nitrogen and oxygen atoms in total. The number of fused-ring (bicyclic) bond motifs is 1. The van der Waals surface area contributed by atoms with Gasteiger partial charge in [0.05, 0.1) is 12.2 Å². The number of hydrogen-bond acceptors (Lipinski definition) is 5. The van der Waals surface area contributed by atoms with Crippen molar-refractivity contribution in [3.63, 3.8) is 0 Å². The number of aliphatic carboxylic acids is 1. The zero-order valence-corrected chi connectivity index (χ0v) is 22.2. The maximum absolute atomic E-state index is 14.1. The van der Waals surface area contributed by atoms with Crippen molar-refractivity contribution in [1.29, 1.82) is 0 Å². The van der Waals surface area contributed by atoms with Crippen molar-refractivity contribution in [1.82, 2.24) is 4.90 Å². The van der Waals surface area contributed by atoms with Gasteiger partial charge in [-0.05, 0) is 54.9 Å². The van der Waals surface area contributed by atoms with Gasteiger partial charge >= 0.3 is 5.97 Å². The molecule has 7 heteroatoms. The van der Waals surface area contributed by atoms with Crippen molar-refractivity contribution in [2.24, 2.45) is 0 Å². The van der Waals surface area contributed by atoms with Crippen LogP contribution in [0.15, 0.2) is 72.8 Å². The van der Waals surface area contributed by atoms with Gasteiger partial charge in [0.25, 0.3) is 5.91 Å². The molecule has 1 heterocycles.